The number of rotatable bonds is 8. The molecule has 1 aromatic rings. The van der Waals surface area contributed by atoms with Crippen LogP contribution in [0.5, 0.6) is 0 Å². The zero-order chi connectivity index (χ0) is 17.7. The number of nitrogens with one attached hydrogen (secondary N) is 1. The van der Waals surface area contributed by atoms with Gasteiger partial charge in [-0.2, -0.15) is 5.26 Å². The molecule has 23 heavy (non-hydrogen) atoms. The number of sulfonamides is 1. The molecule has 128 valence electrons. The second kappa shape index (κ2) is 8.01. The van der Waals surface area contributed by atoms with E-state index in [0.29, 0.717) is 11.1 Å². The van der Waals surface area contributed by atoms with Gasteiger partial charge in [-0.3, -0.25) is 0 Å². The first-order valence-corrected chi connectivity index (χ1v) is 11.1. The van der Waals surface area contributed by atoms with Crippen LogP contribution in [-0.2, 0) is 25.6 Å². The van der Waals surface area contributed by atoms with Crippen molar-refractivity contribution in [3.8, 4) is 6.07 Å². The Morgan fingerprint density at radius 3 is 2.17 bits per heavy atom. The predicted octanol–water partition coefficient (Wildman–Crippen LogP) is 2.11. The van der Waals surface area contributed by atoms with Crippen LogP contribution in [-0.4, -0.2) is 32.7 Å². The van der Waals surface area contributed by atoms with Crippen molar-refractivity contribution in [3.05, 3.63) is 35.4 Å². The SMILES string of the molecule is N#Cc1ccc(CNS(=O)(=O)CC(Cl)(CCCl)S(=O)(=O)Cl)cc1. The molecule has 1 N–H and O–H groups in total. The van der Waals surface area contributed by atoms with Crippen molar-refractivity contribution in [2.24, 2.45) is 0 Å². The molecule has 0 fully saturated rings. The maximum absolute atomic E-state index is 12.1. The molecule has 0 aliphatic heterocycles. The number of alkyl halides is 2. The van der Waals surface area contributed by atoms with Gasteiger partial charge in [0.15, 0.2) is 4.21 Å². The van der Waals surface area contributed by atoms with Gasteiger partial charge in [0.25, 0.3) is 9.05 Å². The summed E-state index contributed by atoms with van der Waals surface area (Å²) >= 11 is 11.3. The molecule has 0 saturated heterocycles. The van der Waals surface area contributed by atoms with E-state index in [2.05, 4.69) is 4.72 Å². The van der Waals surface area contributed by atoms with E-state index in [1.165, 1.54) is 12.1 Å². The van der Waals surface area contributed by atoms with Crippen LogP contribution in [0.1, 0.15) is 17.5 Å². The minimum Gasteiger partial charge on any atom is -0.212 e. The summed E-state index contributed by atoms with van der Waals surface area (Å²) in [6, 6.07) is 8.16. The Kier molecular flexibility index (Phi) is 7.13. The summed E-state index contributed by atoms with van der Waals surface area (Å²) in [7, 11) is -3.15. The molecule has 0 bridgehead atoms. The fourth-order valence-electron chi connectivity index (χ4n) is 1.63. The summed E-state index contributed by atoms with van der Waals surface area (Å²) in [5.74, 6) is -1.09. The Hall–Kier alpha value is -0.560. The van der Waals surface area contributed by atoms with Gasteiger partial charge in [-0.15, -0.1) is 11.6 Å². The average Bonchev–Trinajstić information content (AvgIpc) is 2.44. The second-order valence-electron chi connectivity index (χ2n) is 4.65. The van der Waals surface area contributed by atoms with Gasteiger partial charge in [0, 0.05) is 23.1 Å². The van der Waals surface area contributed by atoms with Gasteiger partial charge in [0.2, 0.25) is 10.0 Å². The highest BCUT2D eigenvalue weighted by molar-refractivity contribution is 8.16. The maximum atomic E-state index is 12.1. The predicted molar refractivity (Wildman–Crippen MR) is 90.5 cm³/mol. The number of nitriles is 1. The molecule has 0 amide bonds. The highest BCUT2D eigenvalue weighted by atomic mass is 35.7. The van der Waals surface area contributed by atoms with E-state index < -0.39 is 29.0 Å². The van der Waals surface area contributed by atoms with E-state index in [1.807, 2.05) is 6.07 Å². The van der Waals surface area contributed by atoms with Crippen LogP contribution in [0.15, 0.2) is 24.3 Å². The third kappa shape index (κ3) is 6.10. The summed E-state index contributed by atoms with van der Waals surface area (Å²) in [6.07, 6.45) is -0.320. The van der Waals surface area contributed by atoms with Crippen LogP contribution in [0.2, 0.25) is 0 Å². The van der Waals surface area contributed by atoms with Crippen molar-refractivity contribution in [3.63, 3.8) is 0 Å². The number of hydrogen-bond acceptors (Lipinski definition) is 5. The first-order chi connectivity index (χ1) is 10.5. The molecular formula is C12H13Cl3N2O4S2. The number of benzene rings is 1. The summed E-state index contributed by atoms with van der Waals surface area (Å²) < 4.78 is 47.2. The summed E-state index contributed by atoms with van der Waals surface area (Å²) in [4.78, 5) is 0. The largest absolute Gasteiger partial charge is 0.253 e. The Bertz CT molecular complexity index is 789. The van der Waals surface area contributed by atoms with Crippen LogP contribution >= 0.6 is 33.9 Å². The minimum atomic E-state index is -4.35. The first-order valence-electron chi connectivity index (χ1n) is 6.18. The summed E-state index contributed by atoms with van der Waals surface area (Å²) in [6.45, 7) is -0.0791. The Labute approximate surface area is 149 Å². The zero-order valence-electron chi connectivity index (χ0n) is 11.7. The number of nitrogens with zero attached hydrogens (tertiary/aromatic N) is 1. The lowest BCUT2D eigenvalue weighted by Gasteiger charge is -2.22. The van der Waals surface area contributed by atoms with Crippen LogP contribution in [0.4, 0.5) is 0 Å². The van der Waals surface area contributed by atoms with Gasteiger partial charge in [-0.25, -0.2) is 21.6 Å². The molecule has 0 radical (unpaired) electrons. The van der Waals surface area contributed by atoms with Gasteiger partial charge in [0.05, 0.1) is 17.4 Å². The molecule has 0 spiro atoms. The Morgan fingerprint density at radius 2 is 1.74 bits per heavy atom. The van der Waals surface area contributed by atoms with Crippen molar-refractivity contribution in [1.29, 1.82) is 5.26 Å². The van der Waals surface area contributed by atoms with Crippen molar-refractivity contribution in [2.75, 3.05) is 11.6 Å². The van der Waals surface area contributed by atoms with Crippen molar-refractivity contribution < 1.29 is 16.8 Å². The van der Waals surface area contributed by atoms with Gasteiger partial charge in [-0.1, -0.05) is 23.7 Å². The van der Waals surface area contributed by atoms with Crippen LogP contribution in [0.25, 0.3) is 0 Å². The molecule has 0 aromatic heterocycles. The molecule has 6 nitrogen and oxygen atoms in total. The van der Waals surface area contributed by atoms with Crippen molar-refractivity contribution in [1.82, 2.24) is 4.72 Å². The molecule has 0 aliphatic carbocycles. The standard InChI is InChI=1S/C12H13Cl3N2O4S2/c13-6-5-12(14,23(15,20)21)9-22(18,19)17-8-11-3-1-10(7-16)2-4-11/h1-4,17H,5-6,8-9H2. The quantitative estimate of drug-likeness (QED) is 0.513. The van der Waals surface area contributed by atoms with E-state index >= 15 is 0 Å². The molecule has 0 heterocycles. The van der Waals surface area contributed by atoms with Crippen molar-refractivity contribution in [2.45, 2.75) is 17.2 Å². The molecule has 1 unspecified atom stereocenters. The summed E-state index contributed by atoms with van der Waals surface area (Å²) in [5.41, 5.74) is 1.03. The van der Waals surface area contributed by atoms with Gasteiger partial charge in [-0.05, 0) is 24.1 Å². The van der Waals surface area contributed by atoms with E-state index in [0.717, 1.165) is 0 Å². The van der Waals surface area contributed by atoms with Gasteiger partial charge in [0.1, 0.15) is 0 Å². The van der Waals surface area contributed by atoms with Gasteiger partial charge < -0.3 is 0 Å². The van der Waals surface area contributed by atoms with Crippen molar-refractivity contribution >= 4 is 53.0 Å². The smallest absolute Gasteiger partial charge is 0.212 e. The zero-order valence-corrected chi connectivity index (χ0v) is 15.6. The fourth-order valence-corrected chi connectivity index (χ4v) is 5.89. The molecule has 0 aliphatic rings. The summed E-state index contributed by atoms with van der Waals surface area (Å²) in [5, 5.41) is 8.69. The Balaban J connectivity index is 2.84. The lowest BCUT2D eigenvalue weighted by atomic mass is 10.1. The van der Waals surface area contributed by atoms with E-state index in [1.54, 1.807) is 12.1 Å². The monoisotopic (exact) mass is 418 g/mol. The van der Waals surface area contributed by atoms with E-state index in [4.69, 9.17) is 39.1 Å². The average molecular weight is 420 g/mol. The molecule has 11 heteroatoms. The lowest BCUT2D eigenvalue weighted by molar-refractivity contribution is 0.562. The maximum Gasteiger partial charge on any atom is 0.253 e. The van der Waals surface area contributed by atoms with Crippen LogP contribution < -0.4 is 4.72 Å². The molecule has 0 saturated carbocycles. The minimum absolute atomic E-state index is 0.0791. The number of hydrogen-bond donors (Lipinski definition) is 1. The molecule has 1 atom stereocenters. The van der Waals surface area contributed by atoms with E-state index in [9.17, 15) is 16.8 Å². The normalized spacial score (nSPS) is 14.9. The molecular weight excluding hydrogens is 407 g/mol. The van der Waals surface area contributed by atoms with E-state index in [-0.39, 0.29) is 18.8 Å². The van der Waals surface area contributed by atoms with Crippen LogP contribution in [0.3, 0.4) is 0 Å². The molecule has 1 aromatic carbocycles. The highest BCUT2D eigenvalue weighted by Crippen LogP contribution is 2.32. The van der Waals surface area contributed by atoms with Gasteiger partial charge >= 0.3 is 0 Å². The fraction of sp³-hybridized carbons (Fsp3) is 0.417. The molecule has 1 rings (SSSR count). The van der Waals surface area contributed by atoms with Crippen LogP contribution in [0, 0.1) is 11.3 Å². The topological polar surface area (TPSA) is 104 Å². The number of halogens is 3. The highest BCUT2D eigenvalue weighted by Gasteiger charge is 2.44. The Morgan fingerprint density at radius 1 is 1.17 bits per heavy atom. The lowest BCUT2D eigenvalue weighted by Crippen LogP contribution is -2.42. The third-order valence-electron chi connectivity index (χ3n) is 2.89. The first kappa shape index (κ1) is 20.5. The third-order valence-corrected chi connectivity index (χ3v) is 8.15. The second-order valence-corrected chi connectivity index (χ2v) is 10.7.